The molecule has 0 saturated carbocycles. The summed E-state index contributed by atoms with van der Waals surface area (Å²) >= 11 is 0. The van der Waals surface area contributed by atoms with E-state index in [0.29, 0.717) is 0 Å². The standard InChI is InChI=1S/C14H25N3/c1-5-15-14-8-6-7-13(16-14)11-17(4)10-9-12(2)3/h6-8,12H,5,9-11H2,1-4H3,(H,15,16). The first kappa shape index (κ1) is 14.0. The van der Waals surface area contributed by atoms with Gasteiger partial charge in [-0.3, -0.25) is 0 Å². The molecule has 1 rings (SSSR count). The first-order chi connectivity index (χ1) is 8.11. The zero-order chi connectivity index (χ0) is 12.7. The zero-order valence-corrected chi connectivity index (χ0v) is 11.5. The molecule has 1 aromatic heterocycles. The maximum atomic E-state index is 4.58. The molecule has 0 spiro atoms. The SMILES string of the molecule is CCNc1cccc(CN(C)CCC(C)C)n1. The molecule has 0 unspecified atom stereocenters. The predicted octanol–water partition coefficient (Wildman–Crippen LogP) is 2.99. The first-order valence-electron chi connectivity index (χ1n) is 6.50. The normalized spacial score (nSPS) is 11.2. The number of nitrogens with zero attached hydrogens (tertiary/aromatic N) is 2. The number of hydrogen-bond donors (Lipinski definition) is 1. The molecule has 0 aliphatic carbocycles. The maximum Gasteiger partial charge on any atom is 0.126 e. The second-order valence-electron chi connectivity index (χ2n) is 4.96. The van der Waals surface area contributed by atoms with E-state index in [1.165, 1.54) is 6.42 Å². The highest BCUT2D eigenvalue weighted by atomic mass is 15.1. The molecule has 1 heterocycles. The van der Waals surface area contributed by atoms with Gasteiger partial charge in [0.25, 0.3) is 0 Å². The molecule has 0 saturated heterocycles. The van der Waals surface area contributed by atoms with Gasteiger partial charge in [-0.2, -0.15) is 0 Å². The van der Waals surface area contributed by atoms with Gasteiger partial charge in [-0.1, -0.05) is 19.9 Å². The fourth-order valence-electron chi connectivity index (χ4n) is 1.68. The molecule has 0 amide bonds. The van der Waals surface area contributed by atoms with Crippen molar-refractivity contribution in [2.75, 3.05) is 25.5 Å². The van der Waals surface area contributed by atoms with E-state index in [2.05, 4.69) is 55.2 Å². The van der Waals surface area contributed by atoms with E-state index in [-0.39, 0.29) is 0 Å². The highest BCUT2D eigenvalue weighted by Crippen LogP contribution is 2.08. The van der Waals surface area contributed by atoms with Crippen LogP contribution >= 0.6 is 0 Å². The summed E-state index contributed by atoms with van der Waals surface area (Å²) in [5.41, 5.74) is 1.13. The van der Waals surface area contributed by atoms with E-state index in [9.17, 15) is 0 Å². The summed E-state index contributed by atoms with van der Waals surface area (Å²) in [5.74, 6) is 1.74. The van der Waals surface area contributed by atoms with E-state index in [1.807, 2.05) is 6.07 Å². The van der Waals surface area contributed by atoms with Crippen LogP contribution < -0.4 is 5.32 Å². The van der Waals surface area contributed by atoms with E-state index < -0.39 is 0 Å². The van der Waals surface area contributed by atoms with Crippen LogP contribution in [0.15, 0.2) is 18.2 Å². The van der Waals surface area contributed by atoms with Crippen LogP contribution in [0.4, 0.5) is 5.82 Å². The number of hydrogen-bond acceptors (Lipinski definition) is 3. The molecular formula is C14H25N3. The topological polar surface area (TPSA) is 28.2 Å². The Morgan fingerprint density at radius 2 is 2.12 bits per heavy atom. The van der Waals surface area contributed by atoms with Gasteiger partial charge in [0, 0.05) is 13.1 Å². The van der Waals surface area contributed by atoms with Gasteiger partial charge in [-0.15, -0.1) is 0 Å². The summed E-state index contributed by atoms with van der Waals surface area (Å²) < 4.78 is 0. The Morgan fingerprint density at radius 3 is 2.76 bits per heavy atom. The van der Waals surface area contributed by atoms with Crippen LogP contribution in [-0.4, -0.2) is 30.0 Å². The van der Waals surface area contributed by atoms with Crippen molar-refractivity contribution in [3.8, 4) is 0 Å². The Labute approximate surface area is 105 Å². The van der Waals surface area contributed by atoms with Crippen LogP contribution in [0.2, 0.25) is 0 Å². The van der Waals surface area contributed by atoms with Crippen molar-refractivity contribution in [2.24, 2.45) is 5.92 Å². The zero-order valence-electron chi connectivity index (χ0n) is 11.5. The van der Waals surface area contributed by atoms with Crippen LogP contribution in [0.5, 0.6) is 0 Å². The third kappa shape index (κ3) is 5.68. The largest absolute Gasteiger partial charge is 0.370 e. The fourth-order valence-corrected chi connectivity index (χ4v) is 1.68. The van der Waals surface area contributed by atoms with Crippen molar-refractivity contribution in [2.45, 2.75) is 33.7 Å². The molecule has 1 aromatic rings. The van der Waals surface area contributed by atoms with Gasteiger partial charge >= 0.3 is 0 Å². The molecule has 0 fully saturated rings. The van der Waals surface area contributed by atoms with Crippen molar-refractivity contribution >= 4 is 5.82 Å². The van der Waals surface area contributed by atoms with Crippen LogP contribution in [-0.2, 0) is 6.54 Å². The molecule has 0 aliphatic rings. The molecule has 0 aliphatic heterocycles. The Hall–Kier alpha value is -1.09. The van der Waals surface area contributed by atoms with Gasteiger partial charge in [0.2, 0.25) is 0 Å². The molecule has 3 nitrogen and oxygen atoms in total. The maximum absolute atomic E-state index is 4.58. The second-order valence-corrected chi connectivity index (χ2v) is 4.96. The van der Waals surface area contributed by atoms with Gasteiger partial charge < -0.3 is 10.2 Å². The average Bonchev–Trinajstić information content (AvgIpc) is 2.27. The second kappa shape index (κ2) is 7.28. The smallest absolute Gasteiger partial charge is 0.126 e. The Kier molecular flexibility index (Phi) is 5.98. The van der Waals surface area contributed by atoms with E-state index >= 15 is 0 Å². The molecule has 17 heavy (non-hydrogen) atoms. The minimum absolute atomic E-state index is 0.763. The Morgan fingerprint density at radius 1 is 1.35 bits per heavy atom. The number of aromatic nitrogens is 1. The average molecular weight is 235 g/mol. The minimum Gasteiger partial charge on any atom is -0.370 e. The summed E-state index contributed by atoms with van der Waals surface area (Å²) in [6.45, 7) is 9.58. The first-order valence-corrected chi connectivity index (χ1v) is 6.50. The van der Waals surface area contributed by atoms with E-state index in [1.54, 1.807) is 0 Å². The highest BCUT2D eigenvalue weighted by Gasteiger charge is 2.03. The summed E-state index contributed by atoms with van der Waals surface area (Å²) in [6, 6.07) is 6.17. The van der Waals surface area contributed by atoms with Gasteiger partial charge in [0.05, 0.1) is 5.69 Å². The van der Waals surface area contributed by atoms with Crippen molar-refractivity contribution in [3.05, 3.63) is 23.9 Å². The van der Waals surface area contributed by atoms with E-state index in [4.69, 9.17) is 0 Å². The molecule has 0 radical (unpaired) electrons. The lowest BCUT2D eigenvalue weighted by Gasteiger charge is -2.17. The summed E-state index contributed by atoms with van der Waals surface area (Å²) in [4.78, 5) is 6.91. The van der Waals surface area contributed by atoms with Crippen LogP contribution in [0.1, 0.15) is 32.9 Å². The van der Waals surface area contributed by atoms with Crippen LogP contribution in [0, 0.1) is 5.92 Å². The predicted molar refractivity (Wildman–Crippen MR) is 74.2 cm³/mol. The van der Waals surface area contributed by atoms with Gasteiger partial charge in [-0.25, -0.2) is 4.98 Å². The van der Waals surface area contributed by atoms with Gasteiger partial charge in [0.15, 0.2) is 0 Å². The quantitative estimate of drug-likeness (QED) is 0.787. The third-order valence-corrected chi connectivity index (χ3v) is 2.68. The number of pyridine rings is 1. The van der Waals surface area contributed by atoms with Gasteiger partial charge in [0.1, 0.15) is 5.82 Å². The number of anilines is 1. The minimum atomic E-state index is 0.763. The molecule has 0 atom stereocenters. The highest BCUT2D eigenvalue weighted by molar-refractivity contribution is 5.34. The van der Waals surface area contributed by atoms with E-state index in [0.717, 1.165) is 37.1 Å². The van der Waals surface area contributed by atoms with Crippen molar-refractivity contribution in [1.29, 1.82) is 0 Å². The van der Waals surface area contributed by atoms with Crippen LogP contribution in [0.25, 0.3) is 0 Å². The van der Waals surface area contributed by atoms with Crippen molar-refractivity contribution < 1.29 is 0 Å². The molecule has 1 N–H and O–H groups in total. The number of nitrogens with one attached hydrogen (secondary N) is 1. The fraction of sp³-hybridized carbons (Fsp3) is 0.643. The lowest BCUT2D eigenvalue weighted by molar-refractivity contribution is 0.300. The van der Waals surface area contributed by atoms with Crippen molar-refractivity contribution in [3.63, 3.8) is 0 Å². The lowest BCUT2D eigenvalue weighted by Crippen LogP contribution is -2.21. The Bertz CT molecular complexity index is 323. The molecule has 3 heteroatoms. The monoisotopic (exact) mass is 235 g/mol. The van der Waals surface area contributed by atoms with Crippen molar-refractivity contribution in [1.82, 2.24) is 9.88 Å². The molecule has 0 bridgehead atoms. The summed E-state index contributed by atoms with van der Waals surface area (Å²) in [6.07, 6.45) is 1.24. The van der Waals surface area contributed by atoms with Crippen LogP contribution in [0.3, 0.4) is 0 Å². The number of rotatable bonds is 7. The third-order valence-electron chi connectivity index (χ3n) is 2.68. The molecule has 0 aromatic carbocycles. The summed E-state index contributed by atoms with van der Waals surface area (Å²) in [5, 5.41) is 3.24. The molecular weight excluding hydrogens is 210 g/mol. The Balaban J connectivity index is 2.46. The van der Waals surface area contributed by atoms with Gasteiger partial charge in [-0.05, 0) is 45.0 Å². The lowest BCUT2D eigenvalue weighted by atomic mass is 10.1. The summed E-state index contributed by atoms with van der Waals surface area (Å²) in [7, 11) is 2.16. The molecule has 96 valence electrons.